The predicted octanol–water partition coefficient (Wildman–Crippen LogP) is 5.14. The zero-order valence-corrected chi connectivity index (χ0v) is 17.4. The van der Waals surface area contributed by atoms with E-state index in [9.17, 15) is 4.79 Å². The molecule has 0 unspecified atom stereocenters. The highest BCUT2D eigenvalue weighted by Crippen LogP contribution is 2.27. The zero-order valence-electron chi connectivity index (χ0n) is 16.6. The molecule has 0 aliphatic heterocycles. The van der Waals surface area contributed by atoms with Gasteiger partial charge in [-0.15, -0.1) is 11.3 Å². The first-order valence-corrected chi connectivity index (χ1v) is 10.5. The van der Waals surface area contributed by atoms with Crippen LogP contribution in [0.2, 0.25) is 0 Å². The topological polar surface area (TPSA) is 46.4 Å². The molecule has 4 rings (SSSR count). The second-order valence-corrected chi connectivity index (χ2v) is 7.99. The number of amides is 1. The van der Waals surface area contributed by atoms with E-state index in [2.05, 4.69) is 58.4 Å². The lowest BCUT2D eigenvalue weighted by atomic mass is 10.1. The average molecular weight is 402 g/mol. The number of thiophene rings is 1. The number of nitrogens with one attached hydrogen (secondary N) is 1. The molecule has 5 heteroatoms. The highest BCUT2D eigenvalue weighted by molar-refractivity contribution is 7.12. The van der Waals surface area contributed by atoms with Crippen LogP contribution in [-0.2, 0) is 17.8 Å². The van der Waals surface area contributed by atoms with Crippen LogP contribution >= 0.6 is 11.3 Å². The molecule has 0 saturated carbocycles. The summed E-state index contributed by atoms with van der Waals surface area (Å²) < 4.78 is 2.29. The third kappa shape index (κ3) is 4.15. The minimum atomic E-state index is -0.105. The van der Waals surface area contributed by atoms with Gasteiger partial charge in [0, 0.05) is 28.0 Å². The van der Waals surface area contributed by atoms with Crippen molar-refractivity contribution in [2.45, 2.75) is 26.8 Å². The lowest BCUT2D eigenvalue weighted by molar-refractivity contribution is -0.120. The van der Waals surface area contributed by atoms with Gasteiger partial charge in [0.1, 0.15) is 0 Å². The number of carbonyl (C=O) groups is 1. The molecular formula is C24H23N3OS. The molecule has 4 aromatic rings. The minimum Gasteiger partial charge on any atom is -0.340 e. The molecule has 29 heavy (non-hydrogen) atoms. The molecule has 146 valence electrons. The van der Waals surface area contributed by atoms with Crippen molar-refractivity contribution in [3.8, 4) is 0 Å². The van der Waals surface area contributed by atoms with Gasteiger partial charge in [-0.25, -0.2) is 5.43 Å². The van der Waals surface area contributed by atoms with Gasteiger partial charge in [-0.05, 0) is 42.5 Å². The number of hydrazone groups is 1. The van der Waals surface area contributed by atoms with Crippen LogP contribution in [0.3, 0.4) is 0 Å². The van der Waals surface area contributed by atoms with Gasteiger partial charge in [0.15, 0.2) is 0 Å². The Labute approximate surface area is 174 Å². The maximum absolute atomic E-state index is 12.6. The molecule has 4 nitrogen and oxygen atoms in total. The number of para-hydroxylation sites is 1. The van der Waals surface area contributed by atoms with Crippen molar-refractivity contribution in [1.82, 2.24) is 9.99 Å². The maximum Gasteiger partial charge on any atom is 0.244 e. The van der Waals surface area contributed by atoms with Crippen molar-refractivity contribution in [3.05, 3.63) is 93.8 Å². The second-order valence-electron chi connectivity index (χ2n) is 7.04. The Balaban J connectivity index is 1.59. The van der Waals surface area contributed by atoms with Gasteiger partial charge in [0.05, 0.1) is 12.1 Å². The number of fused-ring (bicyclic) bond motifs is 1. The van der Waals surface area contributed by atoms with Gasteiger partial charge in [-0.2, -0.15) is 5.10 Å². The molecule has 0 aliphatic rings. The van der Waals surface area contributed by atoms with E-state index >= 15 is 0 Å². The molecule has 0 radical (unpaired) electrons. The SMILES string of the molecule is C/C(=N\NC(=O)Cc1c(C)n(Cc2ccccc2)c2ccccc12)c1cccs1. The quantitative estimate of drug-likeness (QED) is 0.353. The van der Waals surface area contributed by atoms with Crippen LogP contribution in [0.25, 0.3) is 10.9 Å². The van der Waals surface area contributed by atoms with E-state index in [0.29, 0.717) is 6.42 Å². The van der Waals surface area contributed by atoms with Crippen molar-refractivity contribution in [2.75, 3.05) is 0 Å². The monoisotopic (exact) mass is 401 g/mol. The first-order valence-electron chi connectivity index (χ1n) is 9.61. The lowest BCUT2D eigenvalue weighted by Gasteiger charge is -2.09. The first-order chi connectivity index (χ1) is 14.1. The van der Waals surface area contributed by atoms with Crippen LogP contribution in [0.1, 0.15) is 28.6 Å². The van der Waals surface area contributed by atoms with E-state index in [-0.39, 0.29) is 5.91 Å². The number of nitrogens with zero attached hydrogens (tertiary/aromatic N) is 2. The molecule has 0 aliphatic carbocycles. The summed E-state index contributed by atoms with van der Waals surface area (Å²) in [5.41, 5.74) is 8.09. The molecule has 1 amide bonds. The van der Waals surface area contributed by atoms with Gasteiger partial charge in [0.25, 0.3) is 0 Å². The third-order valence-electron chi connectivity index (χ3n) is 5.11. The molecule has 0 saturated heterocycles. The van der Waals surface area contributed by atoms with Gasteiger partial charge < -0.3 is 4.57 Å². The molecule has 2 aromatic heterocycles. The van der Waals surface area contributed by atoms with Crippen LogP contribution in [0.4, 0.5) is 0 Å². The summed E-state index contributed by atoms with van der Waals surface area (Å²) >= 11 is 1.61. The highest BCUT2D eigenvalue weighted by Gasteiger charge is 2.16. The summed E-state index contributed by atoms with van der Waals surface area (Å²) in [5, 5.41) is 7.39. The van der Waals surface area contributed by atoms with E-state index in [0.717, 1.165) is 39.3 Å². The summed E-state index contributed by atoms with van der Waals surface area (Å²) in [7, 11) is 0. The molecule has 0 spiro atoms. The number of rotatable bonds is 6. The average Bonchev–Trinajstić information content (AvgIpc) is 3.37. The fraction of sp³-hybridized carbons (Fsp3) is 0.167. The van der Waals surface area contributed by atoms with Gasteiger partial charge in [0.2, 0.25) is 5.91 Å². The molecule has 2 aromatic carbocycles. The molecule has 0 atom stereocenters. The molecular weight excluding hydrogens is 378 g/mol. The summed E-state index contributed by atoms with van der Waals surface area (Å²) in [6.45, 7) is 4.78. The largest absolute Gasteiger partial charge is 0.340 e. The van der Waals surface area contributed by atoms with E-state index in [1.54, 1.807) is 11.3 Å². The summed E-state index contributed by atoms with van der Waals surface area (Å²) in [5.74, 6) is -0.105. The number of aromatic nitrogens is 1. The minimum absolute atomic E-state index is 0.105. The second kappa shape index (κ2) is 8.45. The maximum atomic E-state index is 12.6. The van der Waals surface area contributed by atoms with E-state index in [4.69, 9.17) is 0 Å². The number of hydrogen-bond donors (Lipinski definition) is 1. The van der Waals surface area contributed by atoms with E-state index < -0.39 is 0 Å². The van der Waals surface area contributed by atoms with Crippen molar-refractivity contribution >= 4 is 33.9 Å². The Kier molecular flexibility index (Phi) is 5.58. The van der Waals surface area contributed by atoms with Crippen LogP contribution < -0.4 is 5.43 Å². The summed E-state index contributed by atoms with van der Waals surface area (Å²) in [6, 6.07) is 22.6. The Hall–Kier alpha value is -3.18. The van der Waals surface area contributed by atoms with Crippen LogP contribution in [0, 0.1) is 6.92 Å². The van der Waals surface area contributed by atoms with Gasteiger partial charge in [-0.1, -0.05) is 54.6 Å². The Morgan fingerprint density at radius 1 is 1.03 bits per heavy atom. The molecule has 0 fully saturated rings. The van der Waals surface area contributed by atoms with Crippen molar-refractivity contribution in [3.63, 3.8) is 0 Å². The van der Waals surface area contributed by atoms with Crippen molar-refractivity contribution in [2.24, 2.45) is 5.10 Å². The van der Waals surface area contributed by atoms with Gasteiger partial charge >= 0.3 is 0 Å². The van der Waals surface area contributed by atoms with Crippen molar-refractivity contribution in [1.29, 1.82) is 0 Å². The van der Waals surface area contributed by atoms with E-state index in [1.807, 2.05) is 42.6 Å². The van der Waals surface area contributed by atoms with E-state index in [1.165, 1.54) is 5.56 Å². The number of carbonyl (C=O) groups excluding carboxylic acids is 1. The standard InChI is InChI=1S/C24H23N3OS/c1-17(23-13-8-14-29-23)25-26-24(28)15-21-18(2)27(16-19-9-4-3-5-10-19)22-12-7-6-11-20(21)22/h3-14H,15-16H2,1-2H3,(H,26,28)/b25-17+. The Morgan fingerprint density at radius 3 is 2.55 bits per heavy atom. The highest BCUT2D eigenvalue weighted by atomic mass is 32.1. The van der Waals surface area contributed by atoms with Crippen LogP contribution in [-0.4, -0.2) is 16.2 Å². The Morgan fingerprint density at radius 2 is 1.79 bits per heavy atom. The van der Waals surface area contributed by atoms with Crippen LogP contribution in [0.15, 0.2) is 77.2 Å². The molecule has 1 N–H and O–H groups in total. The fourth-order valence-electron chi connectivity index (χ4n) is 3.58. The summed E-state index contributed by atoms with van der Waals surface area (Å²) in [6.07, 6.45) is 0.301. The van der Waals surface area contributed by atoms with Crippen molar-refractivity contribution < 1.29 is 4.79 Å². The predicted molar refractivity (Wildman–Crippen MR) is 121 cm³/mol. The Bertz CT molecular complexity index is 1160. The lowest BCUT2D eigenvalue weighted by Crippen LogP contribution is -2.21. The van der Waals surface area contributed by atoms with Crippen LogP contribution in [0.5, 0.6) is 0 Å². The molecule has 0 bridgehead atoms. The fourth-order valence-corrected chi connectivity index (χ4v) is 4.26. The molecule has 2 heterocycles. The zero-order chi connectivity index (χ0) is 20.2. The number of benzene rings is 2. The first kappa shape index (κ1) is 19.2. The van der Waals surface area contributed by atoms with Gasteiger partial charge in [-0.3, -0.25) is 4.79 Å². The smallest absolute Gasteiger partial charge is 0.244 e. The number of hydrogen-bond acceptors (Lipinski definition) is 3. The normalized spacial score (nSPS) is 11.7. The third-order valence-corrected chi connectivity index (χ3v) is 6.09. The summed E-state index contributed by atoms with van der Waals surface area (Å²) in [4.78, 5) is 13.7.